The molecule has 1 aliphatic heterocycles. The van der Waals surface area contributed by atoms with Crippen molar-refractivity contribution in [2.75, 3.05) is 26.8 Å². The van der Waals surface area contributed by atoms with Gasteiger partial charge < -0.3 is 15.0 Å². The minimum absolute atomic E-state index is 0.0515. The number of nitrogens with zero attached hydrogens (tertiary/aromatic N) is 3. The minimum atomic E-state index is -0.269. The molecule has 2 rings (SSSR count). The number of carbonyl (C=O) groups excluding carboxylic acids is 1. The third kappa shape index (κ3) is 2.98. The zero-order valence-electron chi connectivity index (χ0n) is 9.80. The quantitative estimate of drug-likeness (QED) is 0.760. The second-order valence-corrected chi connectivity index (χ2v) is 3.89. The summed E-state index contributed by atoms with van der Waals surface area (Å²) in [6.45, 7) is 2.05. The molecule has 92 valence electrons. The summed E-state index contributed by atoms with van der Waals surface area (Å²) >= 11 is 0. The minimum Gasteiger partial charge on any atom is -0.377 e. The maximum Gasteiger partial charge on any atom is 0.242 e. The molecular formula is C11H16N4O2. The highest BCUT2D eigenvalue weighted by molar-refractivity contribution is 5.82. The average molecular weight is 236 g/mol. The van der Waals surface area contributed by atoms with Crippen molar-refractivity contribution < 1.29 is 9.53 Å². The molecule has 1 aliphatic rings. The van der Waals surface area contributed by atoms with Crippen LogP contribution in [0, 0.1) is 0 Å². The lowest BCUT2D eigenvalue weighted by Crippen LogP contribution is -2.45. The summed E-state index contributed by atoms with van der Waals surface area (Å²) in [6, 6.07) is 3.41. The van der Waals surface area contributed by atoms with Gasteiger partial charge in [0.2, 0.25) is 5.91 Å². The number of likely N-dealkylation sites (N-methyl/N-ethyl adjacent to an activating group) is 1. The summed E-state index contributed by atoms with van der Waals surface area (Å²) in [5.41, 5.74) is 0.789. The average Bonchev–Trinajstić information content (AvgIpc) is 2.54. The lowest BCUT2D eigenvalue weighted by Gasteiger charge is -2.22. The maximum atomic E-state index is 12.1. The zero-order chi connectivity index (χ0) is 12.1. The third-order valence-electron chi connectivity index (χ3n) is 2.73. The number of aromatic nitrogens is 2. The molecule has 0 bridgehead atoms. The number of rotatable bonds is 3. The van der Waals surface area contributed by atoms with Gasteiger partial charge in [-0.15, -0.1) is 0 Å². The van der Waals surface area contributed by atoms with Crippen LogP contribution in [-0.2, 0) is 16.1 Å². The Labute approximate surface area is 100.0 Å². The molecule has 2 heterocycles. The first kappa shape index (κ1) is 11.9. The second-order valence-electron chi connectivity index (χ2n) is 3.89. The van der Waals surface area contributed by atoms with E-state index >= 15 is 0 Å². The number of ether oxygens (including phenoxy) is 1. The summed E-state index contributed by atoms with van der Waals surface area (Å²) in [5.74, 6) is 0.0515. The van der Waals surface area contributed by atoms with Gasteiger partial charge in [0.15, 0.2) is 0 Å². The van der Waals surface area contributed by atoms with E-state index in [1.54, 1.807) is 18.1 Å². The summed E-state index contributed by atoms with van der Waals surface area (Å²) in [6.07, 6.45) is 1.62. The van der Waals surface area contributed by atoms with Crippen LogP contribution < -0.4 is 5.32 Å². The molecule has 1 fully saturated rings. The SMILES string of the molecule is CNC1COCCN(Cc2cccnn2)C1=O. The fourth-order valence-electron chi connectivity index (χ4n) is 1.75. The van der Waals surface area contributed by atoms with Crippen molar-refractivity contribution in [1.29, 1.82) is 0 Å². The second kappa shape index (κ2) is 5.70. The van der Waals surface area contributed by atoms with Crippen molar-refractivity contribution in [3.8, 4) is 0 Å². The number of nitrogens with one attached hydrogen (secondary N) is 1. The summed E-state index contributed by atoms with van der Waals surface area (Å²) in [7, 11) is 1.76. The van der Waals surface area contributed by atoms with E-state index in [4.69, 9.17) is 4.74 Å². The van der Waals surface area contributed by atoms with Gasteiger partial charge in [-0.25, -0.2) is 0 Å². The van der Waals surface area contributed by atoms with Crippen LogP contribution in [0.5, 0.6) is 0 Å². The highest BCUT2D eigenvalue weighted by Crippen LogP contribution is 2.06. The van der Waals surface area contributed by atoms with Gasteiger partial charge in [-0.05, 0) is 19.2 Å². The Bertz CT molecular complexity index is 371. The van der Waals surface area contributed by atoms with Crippen molar-refractivity contribution in [2.24, 2.45) is 0 Å². The van der Waals surface area contributed by atoms with E-state index in [-0.39, 0.29) is 11.9 Å². The van der Waals surface area contributed by atoms with Crippen LogP contribution in [0.1, 0.15) is 5.69 Å². The Morgan fingerprint density at radius 2 is 2.53 bits per heavy atom. The fourth-order valence-corrected chi connectivity index (χ4v) is 1.75. The smallest absolute Gasteiger partial charge is 0.242 e. The molecule has 1 saturated heterocycles. The molecule has 1 aromatic rings. The summed E-state index contributed by atoms with van der Waals surface area (Å²) in [5, 5.41) is 10.7. The van der Waals surface area contributed by atoms with Gasteiger partial charge in [0.05, 0.1) is 25.5 Å². The largest absolute Gasteiger partial charge is 0.377 e. The Morgan fingerprint density at radius 3 is 3.24 bits per heavy atom. The highest BCUT2D eigenvalue weighted by Gasteiger charge is 2.26. The van der Waals surface area contributed by atoms with Crippen molar-refractivity contribution in [2.45, 2.75) is 12.6 Å². The van der Waals surface area contributed by atoms with E-state index in [1.165, 1.54) is 0 Å². The van der Waals surface area contributed by atoms with Crippen LogP contribution in [0.15, 0.2) is 18.3 Å². The maximum absolute atomic E-state index is 12.1. The van der Waals surface area contributed by atoms with Crippen LogP contribution in [0.3, 0.4) is 0 Å². The summed E-state index contributed by atoms with van der Waals surface area (Å²) in [4.78, 5) is 13.9. The van der Waals surface area contributed by atoms with Crippen molar-refractivity contribution >= 4 is 5.91 Å². The molecule has 0 aromatic carbocycles. The molecule has 0 aliphatic carbocycles. The Balaban J connectivity index is 2.06. The van der Waals surface area contributed by atoms with Crippen LogP contribution in [-0.4, -0.2) is 53.9 Å². The van der Waals surface area contributed by atoms with E-state index in [9.17, 15) is 4.79 Å². The van der Waals surface area contributed by atoms with Gasteiger partial charge in [-0.2, -0.15) is 10.2 Å². The first-order chi connectivity index (χ1) is 8.31. The van der Waals surface area contributed by atoms with Crippen LogP contribution in [0.4, 0.5) is 0 Å². The van der Waals surface area contributed by atoms with Crippen molar-refractivity contribution in [1.82, 2.24) is 20.4 Å². The van der Waals surface area contributed by atoms with Gasteiger partial charge in [-0.3, -0.25) is 4.79 Å². The van der Waals surface area contributed by atoms with E-state index in [1.807, 2.05) is 12.1 Å². The molecule has 0 saturated carbocycles. The Kier molecular flexibility index (Phi) is 4.00. The van der Waals surface area contributed by atoms with Crippen molar-refractivity contribution in [3.05, 3.63) is 24.0 Å². The van der Waals surface area contributed by atoms with E-state index < -0.39 is 0 Å². The number of hydrogen-bond donors (Lipinski definition) is 1. The topological polar surface area (TPSA) is 67.3 Å². The Morgan fingerprint density at radius 1 is 1.65 bits per heavy atom. The molecule has 6 heteroatoms. The standard InChI is InChI=1S/C11H16N4O2/c1-12-10-8-17-6-5-15(11(10)16)7-9-3-2-4-13-14-9/h2-4,10,12H,5-8H2,1H3. The third-order valence-corrected chi connectivity index (χ3v) is 2.73. The van der Waals surface area contributed by atoms with Gasteiger partial charge in [0.25, 0.3) is 0 Å². The highest BCUT2D eigenvalue weighted by atomic mass is 16.5. The Hall–Kier alpha value is -1.53. The van der Waals surface area contributed by atoms with E-state index in [2.05, 4.69) is 15.5 Å². The lowest BCUT2D eigenvalue weighted by atomic mass is 10.2. The molecule has 1 N–H and O–H groups in total. The monoisotopic (exact) mass is 236 g/mol. The van der Waals surface area contributed by atoms with Crippen LogP contribution in [0.2, 0.25) is 0 Å². The van der Waals surface area contributed by atoms with E-state index in [0.29, 0.717) is 26.3 Å². The number of amides is 1. The molecule has 1 atom stereocenters. The molecule has 0 spiro atoms. The normalized spacial score (nSPS) is 21.4. The molecule has 0 radical (unpaired) electrons. The predicted octanol–water partition coefficient (Wildman–Crippen LogP) is -0.577. The van der Waals surface area contributed by atoms with Gasteiger partial charge >= 0.3 is 0 Å². The van der Waals surface area contributed by atoms with Crippen LogP contribution >= 0.6 is 0 Å². The number of carbonyl (C=O) groups is 1. The molecule has 1 aromatic heterocycles. The first-order valence-electron chi connectivity index (χ1n) is 5.61. The summed E-state index contributed by atoms with van der Waals surface area (Å²) < 4.78 is 5.38. The van der Waals surface area contributed by atoms with Gasteiger partial charge in [-0.1, -0.05) is 0 Å². The first-order valence-corrected chi connectivity index (χ1v) is 5.61. The lowest BCUT2D eigenvalue weighted by molar-refractivity contribution is -0.133. The molecule has 1 unspecified atom stereocenters. The fraction of sp³-hybridized carbons (Fsp3) is 0.545. The molecular weight excluding hydrogens is 220 g/mol. The molecule has 6 nitrogen and oxygen atoms in total. The number of hydrogen-bond acceptors (Lipinski definition) is 5. The molecule has 1 amide bonds. The zero-order valence-corrected chi connectivity index (χ0v) is 9.80. The molecule has 17 heavy (non-hydrogen) atoms. The van der Waals surface area contributed by atoms with Crippen LogP contribution in [0.25, 0.3) is 0 Å². The van der Waals surface area contributed by atoms with Crippen molar-refractivity contribution in [3.63, 3.8) is 0 Å². The predicted molar refractivity (Wildman–Crippen MR) is 61.1 cm³/mol. The van der Waals surface area contributed by atoms with Gasteiger partial charge in [0.1, 0.15) is 6.04 Å². The van der Waals surface area contributed by atoms with E-state index in [0.717, 1.165) is 5.69 Å². The van der Waals surface area contributed by atoms with Gasteiger partial charge in [0, 0.05) is 12.7 Å².